The first-order chi connectivity index (χ1) is 10.1. The van der Waals surface area contributed by atoms with Crippen LogP contribution in [0.25, 0.3) is 0 Å². The van der Waals surface area contributed by atoms with Gasteiger partial charge in [-0.15, -0.1) is 0 Å². The fourth-order valence-corrected chi connectivity index (χ4v) is 2.30. The Morgan fingerprint density at radius 2 is 2.19 bits per heavy atom. The molecule has 2 aromatic rings. The number of carboxylic acid groups (broad SMARTS) is 1. The number of unbranched alkanes of at least 4 members (excludes halogenated alkanes) is 1. The first-order valence-corrected chi connectivity index (χ1v) is 6.99. The van der Waals surface area contributed by atoms with Gasteiger partial charge in [0.25, 0.3) is 0 Å². The van der Waals surface area contributed by atoms with E-state index in [0.29, 0.717) is 11.4 Å². The number of hydrogen-bond acceptors (Lipinski definition) is 4. The molecule has 112 valence electrons. The van der Waals surface area contributed by atoms with Gasteiger partial charge in [0.05, 0.1) is 17.7 Å². The minimum absolute atomic E-state index is 0.259. The maximum atomic E-state index is 11.3. The van der Waals surface area contributed by atoms with E-state index >= 15 is 0 Å². The molecule has 21 heavy (non-hydrogen) atoms. The average molecular weight is 288 g/mol. The summed E-state index contributed by atoms with van der Waals surface area (Å²) in [6.45, 7) is 5.24. The summed E-state index contributed by atoms with van der Waals surface area (Å²) >= 11 is 0. The molecule has 0 saturated carbocycles. The van der Waals surface area contributed by atoms with Crippen LogP contribution in [0.15, 0.2) is 24.8 Å². The van der Waals surface area contributed by atoms with Gasteiger partial charge in [0.1, 0.15) is 5.56 Å². The lowest BCUT2D eigenvalue weighted by atomic mass is 10.1. The lowest BCUT2D eigenvalue weighted by molar-refractivity contribution is 0.0696. The van der Waals surface area contributed by atoms with Crippen LogP contribution in [0.3, 0.4) is 0 Å². The Balaban J connectivity index is 1.89. The second-order valence-electron chi connectivity index (χ2n) is 5.01. The number of nitrogens with zero attached hydrogens (tertiary/aromatic N) is 3. The molecule has 0 bridgehead atoms. The Bertz CT molecular complexity index is 608. The summed E-state index contributed by atoms with van der Waals surface area (Å²) in [6.07, 6.45) is 7.46. The second kappa shape index (κ2) is 6.88. The summed E-state index contributed by atoms with van der Waals surface area (Å²) in [5.74, 6) is -0.944. The van der Waals surface area contributed by atoms with Crippen LogP contribution < -0.4 is 5.32 Å². The number of anilines is 1. The number of aromatic carboxylic acids is 1. The van der Waals surface area contributed by atoms with Crippen molar-refractivity contribution in [2.24, 2.45) is 0 Å². The molecule has 6 nitrogen and oxygen atoms in total. The molecule has 0 unspecified atom stereocenters. The molecule has 0 aliphatic carbocycles. The highest BCUT2D eigenvalue weighted by Crippen LogP contribution is 2.19. The number of pyridine rings is 1. The van der Waals surface area contributed by atoms with Crippen molar-refractivity contribution in [2.45, 2.75) is 33.2 Å². The van der Waals surface area contributed by atoms with Crippen molar-refractivity contribution in [1.29, 1.82) is 0 Å². The molecular weight excluding hydrogens is 268 g/mol. The van der Waals surface area contributed by atoms with E-state index in [1.165, 1.54) is 0 Å². The molecular formula is C15H20N4O2. The smallest absolute Gasteiger partial charge is 0.339 e. The summed E-state index contributed by atoms with van der Waals surface area (Å²) < 4.78 is 2.03. The Morgan fingerprint density at radius 1 is 1.38 bits per heavy atom. The number of aromatic nitrogens is 3. The second-order valence-corrected chi connectivity index (χ2v) is 5.01. The molecule has 0 fully saturated rings. The first-order valence-electron chi connectivity index (χ1n) is 6.99. The quantitative estimate of drug-likeness (QED) is 0.765. The van der Waals surface area contributed by atoms with E-state index in [9.17, 15) is 9.90 Å². The van der Waals surface area contributed by atoms with E-state index in [1.54, 1.807) is 25.5 Å². The van der Waals surface area contributed by atoms with Crippen LogP contribution in [0.4, 0.5) is 5.69 Å². The first kappa shape index (κ1) is 15.0. The molecule has 0 saturated heterocycles. The summed E-state index contributed by atoms with van der Waals surface area (Å²) in [6, 6.07) is 1.78. The molecule has 6 heteroatoms. The molecule has 2 rings (SSSR count). The third kappa shape index (κ3) is 4.05. The topological polar surface area (TPSA) is 80.0 Å². The highest BCUT2D eigenvalue weighted by atomic mass is 16.4. The zero-order valence-corrected chi connectivity index (χ0v) is 12.3. The SMILES string of the molecule is Cc1cc(NCCCCn2ccnc2)c(C(=O)O)c(C)n1. The molecule has 0 amide bonds. The van der Waals surface area contributed by atoms with Gasteiger partial charge in [-0.25, -0.2) is 9.78 Å². The maximum Gasteiger partial charge on any atom is 0.339 e. The number of hydrogen-bond donors (Lipinski definition) is 2. The van der Waals surface area contributed by atoms with E-state index in [-0.39, 0.29) is 5.56 Å². The average Bonchev–Trinajstić information content (AvgIpc) is 2.90. The van der Waals surface area contributed by atoms with Gasteiger partial charge < -0.3 is 15.0 Å². The largest absolute Gasteiger partial charge is 0.478 e. The predicted molar refractivity (Wildman–Crippen MR) is 80.6 cm³/mol. The van der Waals surface area contributed by atoms with Crippen molar-refractivity contribution in [1.82, 2.24) is 14.5 Å². The molecule has 0 radical (unpaired) electrons. The maximum absolute atomic E-state index is 11.3. The Labute approximate surface area is 123 Å². The van der Waals surface area contributed by atoms with Crippen LogP contribution in [0.2, 0.25) is 0 Å². The molecule has 2 heterocycles. The van der Waals surface area contributed by atoms with Crippen LogP contribution in [0.1, 0.15) is 34.6 Å². The van der Waals surface area contributed by atoms with E-state index in [1.807, 2.05) is 17.7 Å². The fraction of sp³-hybridized carbons (Fsp3) is 0.400. The monoisotopic (exact) mass is 288 g/mol. The highest BCUT2D eigenvalue weighted by Gasteiger charge is 2.14. The van der Waals surface area contributed by atoms with Gasteiger partial charge in [0, 0.05) is 31.2 Å². The van der Waals surface area contributed by atoms with E-state index in [2.05, 4.69) is 15.3 Å². The number of aryl methyl sites for hydroxylation is 3. The van der Waals surface area contributed by atoms with E-state index in [0.717, 1.165) is 31.6 Å². The normalized spacial score (nSPS) is 10.6. The van der Waals surface area contributed by atoms with Crippen LogP contribution in [-0.2, 0) is 6.54 Å². The van der Waals surface area contributed by atoms with Crippen molar-refractivity contribution in [2.75, 3.05) is 11.9 Å². The number of carbonyl (C=O) groups is 1. The van der Waals surface area contributed by atoms with Crippen LogP contribution >= 0.6 is 0 Å². The van der Waals surface area contributed by atoms with Crippen molar-refractivity contribution >= 4 is 11.7 Å². The Morgan fingerprint density at radius 3 is 2.86 bits per heavy atom. The van der Waals surface area contributed by atoms with Crippen LogP contribution in [-0.4, -0.2) is 32.2 Å². The molecule has 0 atom stereocenters. The minimum atomic E-state index is -0.944. The van der Waals surface area contributed by atoms with Gasteiger partial charge in [-0.05, 0) is 32.8 Å². The summed E-state index contributed by atoms with van der Waals surface area (Å²) in [5, 5.41) is 12.5. The van der Waals surface area contributed by atoms with Crippen molar-refractivity contribution < 1.29 is 9.90 Å². The molecule has 0 aromatic carbocycles. The van der Waals surface area contributed by atoms with Gasteiger partial charge in [-0.2, -0.15) is 0 Å². The standard InChI is InChI=1S/C15H20N4O2/c1-11-9-13(14(15(20)21)12(2)18-11)17-5-3-4-7-19-8-6-16-10-19/h6,8-10H,3-5,7H2,1-2H3,(H,17,18)(H,20,21). The molecule has 2 aromatic heterocycles. The number of nitrogens with one attached hydrogen (secondary N) is 1. The van der Waals surface area contributed by atoms with E-state index < -0.39 is 5.97 Å². The zero-order valence-electron chi connectivity index (χ0n) is 12.3. The summed E-state index contributed by atoms with van der Waals surface area (Å²) in [5.41, 5.74) is 2.27. The van der Waals surface area contributed by atoms with Crippen molar-refractivity contribution in [3.05, 3.63) is 41.7 Å². The lowest BCUT2D eigenvalue weighted by Gasteiger charge is -2.12. The Kier molecular flexibility index (Phi) is 4.92. The van der Waals surface area contributed by atoms with E-state index in [4.69, 9.17) is 0 Å². The predicted octanol–water partition coefficient (Wildman–Crippen LogP) is 2.49. The third-order valence-electron chi connectivity index (χ3n) is 3.26. The molecule has 0 spiro atoms. The number of carboxylic acids is 1. The summed E-state index contributed by atoms with van der Waals surface area (Å²) in [4.78, 5) is 19.5. The van der Waals surface area contributed by atoms with Gasteiger partial charge in [0.2, 0.25) is 0 Å². The summed E-state index contributed by atoms with van der Waals surface area (Å²) in [7, 11) is 0. The van der Waals surface area contributed by atoms with Crippen LogP contribution in [0, 0.1) is 13.8 Å². The van der Waals surface area contributed by atoms with Gasteiger partial charge in [-0.3, -0.25) is 4.98 Å². The number of rotatable bonds is 7. The Hall–Kier alpha value is -2.37. The van der Waals surface area contributed by atoms with Gasteiger partial charge in [0.15, 0.2) is 0 Å². The highest BCUT2D eigenvalue weighted by molar-refractivity contribution is 5.95. The molecule has 2 N–H and O–H groups in total. The minimum Gasteiger partial charge on any atom is -0.478 e. The van der Waals surface area contributed by atoms with Crippen LogP contribution in [0.5, 0.6) is 0 Å². The molecule has 0 aliphatic rings. The van der Waals surface area contributed by atoms with Gasteiger partial charge in [-0.1, -0.05) is 0 Å². The zero-order chi connectivity index (χ0) is 15.2. The van der Waals surface area contributed by atoms with Crippen molar-refractivity contribution in [3.8, 4) is 0 Å². The number of imidazole rings is 1. The van der Waals surface area contributed by atoms with Gasteiger partial charge >= 0.3 is 5.97 Å². The van der Waals surface area contributed by atoms with Crippen molar-refractivity contribution in [3.63, 3.8) is 0 Å². The lowest BCUT2D eigenvalue weighted by Crippen LogP contribution is -2.11. The third-order valence-corrected chi connectivity index (χ3v) is 3.26. The fourth-order valence-electron chi connectivity index (χ4n) is 2.30. The molecule has 0 aliphatic heterocycles.